The second-order valence-electron chi connectivity index (χ2n) is 26.0. The summed E-state index contributed by atoms with van der Waals surface area (Å²) in [5.41, 5.74) is 29.8. The molecule has 71 heavy (non-hydrogen) atoms. The fourth-order valence-corrected chi connectivity index (χ4v) is 12.7. The van der Waals surface area contributed by atoms with Crippen molar-refractivity contribution in [3.05, 3.63) is 207 Å². The fourth-order valence-electron chi connectivity index (χ4n) is 12.7. The Balaban J connectivity index is 1.18. The summed E-state index contributed by atoms with van der Waals surface area (Å²) in [6.07, 6.45) is 0. The van der Waals surface area contributed by atoms with E-state index in [2.05, 4.69) is 267 Å². The predicted octanol–water partition coefficient (Wildman–Crippen LogP) is 19.6. The summed E-state index contributed by atoms with van der Waals surface area (Å²) >= 11 is 0. The standard InChI is InChI=1S/C70H73N/c1-42-21-27-47(28-22-42)71(48-29-34-55-50-19-17-18-20-58(50)68(11,12)63(55)41-48)49-39-56(43-23-30-51-53-32-25-45(65(2,3)4)37-61(53)69(13,14)59(51)35-43)64(67(8,9)10)57(40-49)44-24-31-52-54-33-26-46(66(5,6)7)38-62(54)70(15,16)60(52)36-44/h17-41H,1-16H3. The summed E-state index contributed by atoms with van der Waals surface area (Å²) in [7, 11) is 0. The number of anilines is 3. The van der Waals surface area contributed by atoms with Gasteiger partial charge >= 0.3 is 0 Å². The largest absolute Gasteiger partial charge is 0.310 e. The molecule has 0 fully saturated rings. The highest BCUT2D eigenvalue weighted by Gasteiger charge is 2.40. The Morgan fingerprint density at radius 3 is 1.15 bits per heavy atom. The Hall–Kier alpha value is -6.44. The monoisotopic (exact) mass is 928 g/mol. The average Bonchev–Trinajstić information content (AvgIpc) is 3.79. The summed E-state index contributed by atoms with van der Waals surface area (Å²) in [4.78, 5) is 2.53. The lowest BCUT2D eigenvalue weighted by Gasteiger charge is -2.33. The molecule has 1 heteroatoms. The summed E-state index contributed by atoms with van der Waals surface area (Å²) in [5.74, 6) is 0. The number of hydrogen-bond acceptors (Lipinski definition) is 1. The van der Waals surface area contributed by atoms with Gasteiger partial charge < -0.3 is 4.90 Å². The van der Waals surface area contributed by atoms with Crippen molar-refractivity contribution in [2.75, 3.05) is 4.90 Å². The van der Waals surface area contributed by atoms with E-state index in [-0.39, 0.29) is 32.5 Å². The molecule has 0 aliphatic heterocycles. The van der Waals surface area contributed by atoms with E-state index in [0.717, 1.165) is 17.1 Å². The van der Waals surface area contributed by atoms with E-state index >= 15 is 0 Å². The molecule has 0 radical (unpaired) electrons. The van der Waals surface area contributed by atoms with E-state index in [4.69, 9.17) is 0 Å². The lowest BCUT2D eigenvalue weighted by Crippen LogP contribution is -2.19. The van der Waals surface area contributed by atoms with Crippen LogP contribution in [0.2, 0.25) is 0 Å². The Morgan fingerprint density at radius 2 is 0.690 bits per heavy atom. The lowest BCUT2D eigenvalue weighted by molar-refractivity contribution is 0.584. The van der Waals surface area contributed by atoms with Crippen LogP contribution >= 0.6 is 0 Å². The van der Waals surface area contributed by atoms with E-state index in [9.17, 15) is 0 Å². The zero-order valence-electron chi connectivity index (χ0n) is 45.4. The zero-order valence-corrected chi connectivity index (χ0v) is 45.4. The van der Waals surface area contributed by atoms with Crippen molar-refractivity contribution in [1.82, 2.24) is 0 Å². The first kappa shape index (κ1) is 46.9. The minimum atomic E-state index is -0.209. The third kappa shape index (κ3) is 7.31. The van der Waals surface area contributed by atoms with Crippen LogP contribution in [-0.4, -0.2) is 0 Å². The van der Waals surface area contributed by atoms with Crippen molar-refractivity contribution in [3.8, 4) is 55.6 Å². The molecule has 0 aromatic heterocycles. The zero-order chi connectivity index (χ0) is 50.5. The maximum Gasteiger partial charge on any atom is 0.0474 e. The van der Waals surface area contributed by atoms with Gasteiger partial charge in [-0.15, -0.1) is 0 Å². The molecule has 8 aromatic rings. The summed E-state index contributed by atoms with van der Waals surface area (Å²) in [6.45, 7) is 37.9. The van der Waals surface area contributed by atoms with Crippen LogP contribution in [0.4, 0.5) is 17.1 Å². The normalized spacial score (nSPS) is 15.7. The van der Waals surface area contributed by atoms with Crippen LogP contribution < -0.4 is 4.90 Å². The third-order valence-electron chi connectivity index (χ3n) is 17.0. The van der Waals surface area contributed by atoms with E-state index < -0.39 is 0 Å². The number of hydrogen-bond donors (Lipinski definition) is 0. The van der Waals surface area contributed by atoms with Gasteiger partial charge in [0.15, 0.2) is 0 Å². The molecular formula is C70H73N. The first-order valence-electron chi connectivity index (χ1n) is 26.2. The summed E-state index contributed by atoms with van der Waals surface area (Å²) in [5, 5.41) is 0. The SMILES string of the molecule is Cc1ccc(N(c2cc(-c3ccc4c(c3)C(C)(C)c3cc(C(C)(C)C)ccc3-4)c(C(C)(C)C)c(-c3ccc4c(c3)C(C)(C)c3cc(C(C)(C)C)ccc3-4)c2)c2ccc3c(c2)C(C)(C)c2ccccc2-3)cc1. The highest BCUT2D eigenvalue weighted by Crippen LogP contribution is 2.56. The molecule has 0 unspecified atom stereocenters. The highest BCUT2D eigenvalue weighted by molar-refractivity contribution is 5.93. The average molecular weight is 928 g/mol. The number of benzene rings is 8. The van der Waals surface area contributed by atoms with Crippen LogP contribution in [0.15, 0.2) is 152 Å². The van der Waals surface area contributed by atoms with Gasteiger partial charge in [-0.2, -0.15) is 0 Å². The van der Waals surface area contributed by atoms with E-state index in [1.54, 1.807) is 0 Å². The summed E-state index contributed by atoms with van der Waals surface area (Å²) < 4.78 is 0. The number of rotatable bonds is 5. The molecule has 1 nitrogen and oxygen atoms in total. The van der Waals surface area contributed by atoms with Gasteiger partial charge in [0, 0.05) is 33.3 Å². The van der Waals surface area contributed by atoms with Crippen molar-refractivity contribution in [2.24, 2.45) is 0 Å². The molecule has 0 saturated heterocycles. The molecule has 0 saturated carbocycles. The van der Waals surface area contributed by atoms with Gasteiger partial charge in [-0.05, 0) is 177 Å². The van der Waals surface area contributed by atoms with Gasteiger partial charge in [0.2, 0.25) is 0 Å². The first-order chi connectivity index (χ1) is 33.3. The summed E-state index contributed by atoms with van der Waals surface area (Å²) in [6, 6.07) is 59.6. The minimum Gasteiger partial charge on any atom is -0.310 e. The molecule has 0 amide bonds. The quantitative estimate of drug-likeness (QED) is 0.166. The Bertz CT molecular complexity index is 3350. The molecule has 358 valence electrons. The lowest BCUT2D eigenvalue weighted by atomic mass is 9.75. The van der Waals surface area contributed by atoms with Crippen LogP contribution in [0.1, 0.15) is 159 Å². The third-order valence-corrected chi connectivity index (χ3v) is 17.0. The van der Waals surface area contributed by atoms with Gasteiger partial charge in [0.25, 0.3) is 0 Å². The van der Waals surface area contributed by atoms with Gasteiger partial charge in [0.05, 0.1) is 0 Å². The Kier molecular flexibility index (Phi) is 10.3. The topological polar surface area (TPSA) is 3.24 Å². The predicted molar refractivity (Wildman–Crippen MR) is 306 cm³/mol. The molecule has 3 aliphatic rings. The van der Waals surface area contributed by atoms with E-state index in [1.807, 2.05) is 0 Å². The maximum atomic E-state index is 2.55. The van der Waals surface area contributed by atoms with E-state index in [0.29, 0.717) is 0 Å². The van der Waals surface area contributed by atoms with Crippen LogP contribution in [0.25, 0.3) is 55.6 Å². The number of fused-ring (bicyclic) bond motifs is 9. The van der Waals surface area contributed by atoms with Gasteiger partial charge in [-0.3, -0.25) is 0 Å². The minimum absolute atomic E-state index is 0.0658. The Morgan fingerprint density at radius 1 is 0.310 bits per heavy atom. The molecule has 11 rings (SSSR count). The molecule has 0 heterocycles. The molecule has 0 bridgehead atoms. The van der Waals surface area contributed by atoms with Crippen molar-refractivity contribution < 1.29 is 0 Å². The van der Waals surface area contributed by atoms with Gasteiger partial charge in [0.1, 0.15) is 0 Å². The van der Waals surface area contributed by atoms with Crippen LogP contribution in [0.3, 0.4) is 0 Å². The number of aryl methyl sites for hydroxylation is 1. The molecule has 0 atom stereocenters. The second-order valence-corrected chi connectivity index (χ2v) is 26.0. The van der Waals surface area contributed by atoms with Gasteiger partial charge in [-0.25, -0.2) is 0 Å². The highest BCUT2D eigenvalue weighted by atomic mass is 15.1. The smallest absolute Gasteiger partial charge is 0.0474 e. The van der Waals surface area contributed by atoms with E-state index in [1.165, 1.54) is 111 Å². The molecule has 0 spiro atoms. The molecule has 0 N–H and O–H groups in total. The van der Waals surface area contributed by atoms with Crippen molar-refractivity contribution in [1.29, 1.82) is 0 Å². The van der Waals surface area contributed by atoms with Crippen molar-refractivity contribution in [2.45, 2.75) is 143 Å². The molecule has 3 aliphatic carbocycles. The number of nitrogens with zero attached hydrogens (tertiary/aromatic N) is 1. The fraction of sp³-hybridized carbons (Fsp3) is 0.314. The van der Waals surface area contributed by atoms with Crippen molar-refractivity contribution >= 4 is 17.1 Å². The van der Waals surface area contributed by atoms with Crippen LogP contribution in [-0.2, 0) is 32.5 Å². The van der Waals surface area contributed by atoms with Crippen LogP contribution in [0.5, 0.6) is 0 Å². The first-order valence-corrected chi connectivity index (χ1v) is 26.2. The molecular weight excluding hydrogens is 855 g/mol. The Labute approximate surface area is 426 Å². The second kappa shape index (κ2) is 15.5. The van der Waals surface area contributed by atoms with Crippen molar-refractivity contribution in [3.63, 3.8) is 0 Å². The van der Waals surface area contributed by atoms with Gasteiger partial charge in [-0.1, -0.05) is 213 Å². The van der Waals surface area contributed by atoms with Crippen LogP contribution in [0, 0.1) is 6.92 Å². The molecule has 8 aromatic carbocycles. The maximum absolute atomic E-state index is 2.55.